The van der Waals surface area contributed by atoms with Crippen molar-refractivity contribution in [2.45, 2.75) is 38.3 Å². The van der Waals surface area contributed by atoms with Crippen molar-refractivity contribution in [1.29, 1.82) is 0 Å². The van der Waals surface area contributed by atoms with Crippen LogP contribution in [0.1, 0.15) is 37.9 Å². The second kappa shape index (κ2) is 3.67. The van der Waals surface area contributed by atoms with Crippen LogP contribution < -0.4 is 11.1 Å². The normalized spacial score (nSPS) is 27.9. The number of hydrogen-bond donors (Lipinski definition) is 2. The predicted molar refractivity (Wildman–Crippen MR) is 51.4 cm³/mol. The first-order valence-electron chi connectivity index (χ1n) is 5.03. The Bertz CT molecular complexity index is 304. The van der Waals surface area contributed by atoms with Crippen LogP contribution >= 0.6 is 0 Å². The zero-order valence-electron chi connectivity index (χ0n) is 8.42. The highest BCUT2D eigenvalue weighted by Gasteiger charge is 2.33. The van der Waals surface area contributed by atoms with Crippen LogP contribution in [0.15, 0.2) is 4.52 Å². The molecular formula is C9H16N4O. The van der Waals surface area contributed by atoms with Crippen molar-refractivity contribution in [2.24, 2.45) is 5.73 Å². The fourth-order valence-corrected chi connectivity index (χ4v) is 1.80. The van der Waals surface area contributed by atoms with Gasteiger partial charge in [0.1, 0.15) is 0 Å². The maximum atomic E-state index is 5.43. The Labute approximate surface area is 83.1 Å². The maximum Gasteiger partial charge on any atom is 0.246 e. The van der Waals surface area contributed by atoms with Gasteiger partial charge in [-0.2, -0.15) is 4.98 Å². The molecule has 0 amide bonds. The minimum atomic E-state index is -0.154. The first-order valence-corrected chi connectivity index (χ1v) is 5.03. The van der Waals surface area contributed by atoms with Gasteiger partial charge in [0.2, 0.25) is 5.89 Å². The summed E-state index contributed by atoms with van der Waals surface area (Å²) in [6.07, 6.45) is 3.45. The Morgan fingerprint density at radius 2 is 2.43 bits per heavy atom. The Morgan fingerprint density at radius 1 is 1.57 bits per heavy atom. The van der Waals surface area contributed by atoms with E-state index in [1.54, 1.807) is 0 Å². The molecule has 2 heterocycles. The summed E-state index contributed by atoms with van der Waals surface area (Å²) in [5, 5.41) is 7.22. The second-order valence-corrected chi connectivity index (χ2v) is 3.94. The highest BCUT2D eigenvalue weighted by atomic mass is 16.5. The van der Waals surface area contributed by atoms with Crippen molar-refractivity contribution < 1.29 is 4.52 Å². The number of aromatic nitrogens is 2. The van der Waals surface area contributed by atoms with Crippen LogP contribution in [0.5, 0.6) is 0 Å². The SMILES string of the molecule is CC1(c2nc(CN)no2)CCCCN1. The van der Waals surface area contributed by atoms with Gasteiger partial charge in [0.15, 0.2) is 5.82 Å². The topological polar surface area (TPSA) is 77.0 Å². The molecule has 5 heteroatoms. The summed E-state index contributed by atoms with van der Waals surface area (Å²) in [6, 6.07) is 0. The molecular weight excluding hydrogens is 180 g/mol. The summed E-state index contributed by atoms with van der Waals surface area (Å²) in [7, 11) is 0. The van der Waals surface area contributed by atoms with Gasteiger partial charge >= 0.3 is 0 Å². The van der Waals surface area contributed by atoms with Crippen LogP contribution in [0.2, 0.25) is 0 Å². The molecule has 0 bridgehead atoms. The third-order valence-corrected chi connectivity index (χ3v) is 2.74. The number of nitrogens with one attached hydrogen (secondary N) is 1. The number of nitrogens with zero attached hydrogens (tertiary/aromatic N) is 2. The first kappa shape index (κ1) is 9.61. The van der Waals surface area contributed by atoms with Gasteiger partial charge in [-0.15, -0.1) is 0 Å². The predicted octanol–water partition coefficient (Wildman–Crippen LogP) is 0.517. The highest BCUT2D eigenvalue weighted by Crippen LogP contribution is 2.28. The molecule has 1 aromatic rings. The van der Waals surface area contributed by atoms with E-state index in [9.17, 15) is 0 Å². The van der Waals surface area contributed by atoms with Crippen LogP contribution in [-0.2, 0) is 12.1 Å². The quantitative estimate of drug-likeness (QED) is 0.721. The van der Waals surface area contributed by atoms with Gasteiger partial charge < -0.3 is 15.6 Å². The lowest BCUT2D eigenvalue weighted by atomic mass is 9.91. The van der Waals surface area contributed by atoms with E-state index in [4.69, 9.17) is 10.3 Å². The van der Waals surface area contributed by atoms with Gasteiger partial charge in [-0.05, 0) is 32.7 Å². The van der Waals surface area contributed by atoms with Crippen LogP contribution in [-0.4, -0.2) is 16.7 Å². The summed E-state index contributed by atoms with van der Waals surface area (Å²) in [4.78, 5) is 4.26. The molecule has 0 aromatic carbocycles. The molecule has 1 saturated heterocycles. The van der Waals surface area contributed by atoms with Crippen molar-refractivity contribution in [3.05, 3.63) is 11.7 Å². The van der Waals surface area contributed by atoms with Crippen molar-refractivity contribution in [3.63, 3.8) is 0 Å². The fourth-order valence-electron chi connectivity index (χ4n) is 1.80. The maximum absolute atomic E-state index is 5.43. The zero-order chi connectivity index (χ0) is 10.0. The van der Waals surface area contributed by atoms with Crippen LogP contribution in [0, 0.1) is 0 Å². The molecule has 3 N–H and O–H groups in total. The summed E-state index contributed by atoms with van der Waals surface area (Å²) in [6.45, 7) is 3.44. The van der Waals surface area contributed by atoms with E-state index in [-0.39, 0.29) is 5.54 Å². The summed E-state index contributed by atoms with van der Waals surface area (Å²) < 4.78 is 5.19. The Morgan fingerprint density at radius 3 is 3.00 bits per heavy atom. The molecule has 1 aromatic heterocycles. The highest BCUT2D eigenvalue weighted by molar-refractivity contribution is 5.02. The molecule has 0 saturated carbocycles. The largest absolute Gasteiger partial charge is 0.337 e. The Hall–Kier alpha value is -0.940. The van der Waals surface area contributed by atoms with E-state index in [1.165, 1.54) is 12.8 Å². The van der Waals surface area contributed by atoms with Gasteiger partial charge in [0, 0.05) is 0 Å². The van der Waals surface area contributed by atoms with Gasteiger partial charge in [0.05, 0.1) is 12.1 Å². The number of piperidine rings is 1. The molecule has 1 aliphatic rings. The Balaban J connectivity index is 2.19. The van der Waals surface area contributed by atoms with Gasteiger partial charge in [0.25, 0.3) is 0 Å². The lowest BCUT2D eigenvalue weighted by Crippen LogP contribution is -2.43. The monoisotopic (exact) mass is 196 g/mol. The van der Waals surface area contributed by atoms with Crippen molar-refractivity contribution in [1.82, 2.24) is 15.5 Å². The summed E-state index contributed by atoms with van der Waals surface area (Å²) in [5.74, 6) is 1.24. The van der Waals surface area contributed by atoms with Gasteiger partial charge in [-0.25, -0.2) is 0 Å². The van der Waals surface area contributed by atoms with E-state index in [0.29, 0.717) is 18.3 Å². The molecule has 1 fully saturated rings. The van der Waals surface area contributed by atoms with Gasteiger partial charge in [-0.3, -0.25) is 0 Å². The smallest absolute Gasteiger partial charge is 0.246 e. The van der Waals surface area contributed by atoms with E-state index < -0.39 is 0 Å². The fraction of sp³-hybridized carbons (Fsp3) is 0.778. The average molecular weight is 196 g/mol. The molecule has 1 atom stereocenters. The summed E-state index contributed by atoms with van der Waals surface area (Å²) >= 11 is 0. The number of nitrogens with two attached hydrogens (primary N) is 1. The molecule has 14 heavy (non-hydrogen) atoms. The molecule has 1 aliphatic heterocycles. The lowest BCUT2D eigenvalue weighted by molar-refractivity contribution is 0.206. The standard InChI is InChI=1S/C9H16N4O/c1-9(4-2-3-5-11-9)8-12-7(6-10)13-14-8/h11H,2-6,10H2,1H3. The molecule has 0 spiro atoms. The van der Waals surface area contributed by atoms with Crippen molar-refractivity contribution in [2.75, 3.05) is 6.54 Å². The molecule has 5 nitrogen and oxygen atoms in total. The third kappa shape index (κ3) is 1.65. The van der Waals surface area contributed by atoms with Gasteiger partial charge in [-0.1, -0.05) is 5.16 Å². The molecule has 78 valence electrons. The van der Waals surface area contributed by atoms with E-state index in [1.807, 2.05) is 0 Å². The van der Waals surface area contributed by atoms with Crippen LogP contribution in [0.3, 0.4) is 0 Å². The second-order valence-electron chi connectivity index (χ2n) is 3.94. The van der Waals surface area contributed by atoms with Crippen molar-refractivity contribution in [3.8, 4) is 0 Å². The Kier molecular flexibility index (Phi) is 2.52. The minimum Gasteiger partial charge on any atom is -0.337 e. The molecule has 2 rings (SSSR count). The first-order chi connectivity index (χ1) is 6.74. The van der Waals surface area contributed by atoms with E-state index in [0.717, 1.165) is 13.0 Å². The molecule has 0 radical (unpaired) electrons. The van der Waals surface area contributed by atoms with Crippen molar-refractivity contribution >= 4 is 0 Å². The molecule has 1 unspecified atom stereocenters. The van der Waals surface area contributed by atoms with Crippen LogP contribution in [0.25, 0.3) is 0 Å². The minimum absolute atomic E-state index is 0.154. The average Bonchev–Trinajstić information content (AvgIpc) is 2.67. The van der Waals surface area contributed by atoms with E-state index >= 15 is 0 Å². The van der Waals surface area contributed by atoms with E-state index in [2.05, 4.69) is 22.4 Å². The number of rotatable bonds is 2. The zero-order valence-corrected chi connectivity index (χ0v) is 8.42. The number of hydrogen-bond acceptors (Lipinski definition) is 5. The lowest BCUT2D eigenvalue weighted by Gasteiger charge is -2.31. The third-order valence-electron chi connectivity index (χ3n) is 2.74. The van der Waals surface area contributed by atoms with Crippen LogP contribution in [0.4, 0.5) is 0 Å². The summed E-state index contributed by atoms with van der Waals surface area (Å²) in [5.41, 5.74) is 5.28. The molecule has 0 aliphatic carbocycles.